The van der Waals surface area contributed by atoms with Gasteiger partial charge in [0.15, 0.2) is 0 Å². The molecule has 14 heavy (non-hydrogen) atoms. The number of likely N-dealkylation sites (tertiary alicyclic amines) is 1. The van der Waals surface area contributed by atoms with Gasteiger partial charge in [-0.2, -0.15) is 0 Å². The third-order valence-electron chi connectivity index (χ3n) is 2.23. The maximum absolute atomic E-state index is 11.1. The molecule has 1 amide bonds. The highest BCUT2D eigenvalue weighted by Crippen LogP contribution is 2.27. The molecule has 7 heteroatoms. The van der Waals surface area contributed by atoms with E-state index in [0.717, 1.165) is 0 Å². The summed E-state index contributed by atoms with van der Waals surface area (Å²) in [6, 6.07) is -0.299. The van der Waals surface area contributed by atoms with Gasteiger partial charge in [-0.3, -0.25) is 4.79 Å². The van der Waals surface area contributed by atoms with Crippen molar-refractivity contribution in [3.05, 3.63) is 0 Å². The van der Waals surface area contributed by atoms with Crippen molar-refractivity contribution in [2.45, 2.75) is 25.5 Å². The Hall–Kier alpha value is -0.550. The number of hydrogen-bond donors (Lipinski definition) is 2. The summed E-state index contributed by atoms with van der Waals surface area (Å²) in [5.41, 5.74) is 0. The van der Waals surface area contributed by atoms with E-state index in [1.54, 1.807) is 0 Å². The lowest BCUT2D eigenvalue weighted by atomic mass is 10.2. The molecule has 2 unspecified atom stereocenters. The van der Waals surface area contributed by atoms with E-state index in [-0.39, 0.29) is 25.1 Å². The van der Waals surface area contributed by atoms with Crippen LogP contribution >= 0.6 is 8.25 Å². The molecule has 0 spiro atoms. The van der Waals surface area contributed by atoms with Gasteiger partial charge in [-0.15, -0.1) is 9.42 Å². The average Bonchev–Trinajstić information content (AvgIpc) is 2.46. The Morgan fingerprint density at radius 2 is 2.36 bits per heavy atom. The molecule has 0 aromatic rings. The van der Waals surface area contributed by atoms with E-state index in [2.05, 4.69) is 4.52 Å². The highest BCUT2D eigenvalue weighted by atomic mass is 31.1. The maximum Gasteiger partial charge on any atom is 0.695 e. The molecule has 0 aliphatic carbocycles. The second kappa shape index (κ2) is 4.79. The molecular weight excluding hydrogens is 209 g/mol. The summed E-state index contributed by atoms with van der Waals surface area (Å²) in [7, 11) is -2.64. The highest BCUT2D eigenvalue weighted by molar-refractivity contribution is 7.32. The maximum atomic E-state index is 11.1. The van der Waals surface area contributed by atoms with E-state index in [0.29, 0.717) is 6.42 Å². The van der Waals surface area contributed by atoms with Crippen molar-refractivity contribution in [2.24, 2.45) is 0 Å². The summed E-state index contributed by atoms with van der Waals surface area (Å²) in [6.45, 7) is 1.51. The average molecular weight is 222 g/mol. The topological polar surface area (TPSA) is 87.1 Å². The zero-order valence-corrected chi connectivity index (χ0v) is 8.68. The first kappa shape index (κ1) is 11.5. The number of nitrogens with zero attached hydrogens (tertiary/aromatic N) is 1. The molecule has 0 bridgehead atoms. The Labute approximate surface area is 82.4 Å². The lowest BCUT2D eigenvalue weighted by molar-refractivity contribution is -0.130. The quantitative estimate of drug-likeness (QED) is 0.636. The van der Waals surface area contributed by atoms with Crippen LogP contribution in [0.5, 0.6) is 0 Å². The lowest BCUT2D eigenvalue weighted by Crippen LogP contribution is -2.36. The summed E-state index contributed by atoms with van der Waals surface area (Å²) in [6.07, 6.45) is -0.0535. The summed E-state index contributed by atoms with van der Waals surface area (Å²) >= 11 is 0. The number of amides is 1. The van der Waals surface area contributed by atoms with Crippen molar-refractivity contribution >= 4 is 14.2 Å². The highest BCUT2D eigenvalue weighted by Gasteiger charge is 2.38. The molecule has 0 aromatic carbocycles. The Morgan fingerprint density at radius 1 is 1.71 bits per heavy atom. The van der Waals surface area contributed by atoms with Crippen LogP contribution in [0.4, 0.5) is 0 Å². The van der Waals surface area contributed by atoms with Crippen LogP contribution in [-0.2, 0) is 13.9 Å². The molecule has 1 heterocycles. The summed E-state index contributed by atoms with van der Waals surface area (Å²) in [4.78, 5) is 21.0. The van der Waals surface area contributed by atoms with Gasteiger partial charge < -0.3 is 10.0 Å². The standard InChI is InChI=1S/C7H12NO5P/c1-5(10)8-3-7(13-14(11)12)2-6(8)4-9/h6-7,9H,2-4H2,1H3/p+1/t6-,7?/m0/s1. The van der Waals surface area contributed by atoms with E-state index in [4.69, 9.17) is 10.00 Å². The molecule has 1 rings (SSSR count). The van der Waals surface area contributed by atoms with E-state index in [9.17, 15) is 9.36 Å². The van der Waals surface area contributed by atoms with E-state index >= 15 is 0 Å². The van der Waals surface area contributed by atoms with Crippen LogP contribution in [0.3, 0.4) is 0 Å². The van der Waals surface area contributed by atoms with Crippen LogP contribution in [0.15, 0.2) is 0 Å². The first-order valence-electron chi connectivity index (χ1n) is 4.25. The van der Waals surface area contributed by atoms with Crippen LogP contribution in [0.25, 0.3) is 0 Å². The number of carbonyl (C=O) groups is 1. The van der Waals surface area contributed by atoms with Gasteiger partial charge in [0.1, 0.15) is 6.10 Å². The molecular formula is C7H13NO5P+. The van der Waals surface area contributed by atoms with Crippen LogP contribution in [0, 0.1) is 0 Å². The first-order valence-corrected chi connectivity index (χ1v) is 5.38. The largest absolute Gasteiger partial charge is 0.695 e. The van der Waals surface area contributed by atoms with Crippen LogP contribution in [0.1, 0.15) is 13.3 Å². The van der Waals surface area contributed by atoms with Crippen molar-refractivity contribution in [1.29, 1.82) is 0 Å². The molecule has 80 valence electrons. The fourth-order valence-corrected chi connectivity index (χ4v) is 2.04. The van der Waals surface area contributed by atoms with Gasteiger partial charge in [-0.05, 0) is 0 Å². The van der Waals surface area contributed by atoms with Gasteiger partial charge in [-0.25, -0.2) is 0 Å². The van der Waals surface area contributed by atoms with E-state index in [1.807, 2.05) is 0 Å². The lowest BCUT2D eigenvalue weighted by Gasteiger charge is -2.20. The van der Waals surface area contributed by atoms with Gasteiger partial charge in [0.05, 0.1) is 19.2 Å². The second-order valence-corrected chi connectivity index (χ2v) is 3.90. The molecule has 1 fully saturated rings. The Kier molecular flexibility index (Phi) is 3.95. The number of carbonyl (C=O) groups excluding carboxylic acids is 1. The SMILES string of the molecule is CC(=O)N1CC(O[P+](=O)O)C[C@H]1CO. The predicted octanol–water partition coefficient (Wildman–Crippen LogP) is -0.366. The minimum atomic E-state index is -2.64. The van der Waals surface area contributed by atoms with Crippen molar-refractivity contribution in [3.63, 3.8) is 0 Å². The molecule has 1 saturated heterocycles. The molecule has 0 aromatic heterocycles. The van der Waals surface area contributed by atoms with Gasteiger partial charge in [0.2, 0.25) is 5.91 Å². The van der Waals surface area contributed by atoms with Gasteiger partial charge in [-0.1, -0.05) is 0 Å². The monoisotopic (exact) mass is 222 g/mol. The van der Waals surface area contributed by atoms with Crippen molar-refractivity contribution in [1.82, 2.24) is 4.90 Å². The van der Waals surface area contributed by atoms with Crippen LogP contribution < -0.4 is 0 Å². The minimum Gasteiger partial charge on any atom is -0.394 e. The number of rotatable bonds is 3. The molecule has 0 radical (unpaired) electrons. The number of hydrogen-bond acceptors (Lipinski definition) is 4. The molecule has 1 aliphatic rings. The second-order valence-electron chi connectivity index (χ2n) is 3.21. The van der Waals surface area contributed by atoms with Gasteiger partial charge in [0, 0.05) is 17.9 Å². The van der Waals surface area contributed by atoms with E-state index < -0.39 is 14.4 Å². The summed E-state index contributed by atoms with van der Waals surface area (Å²) < 4.78 is 15.1. The summed E-state index contributed by atoms with van der Waals surface area (Å²) in [5.74, 6) is -0.164. The van der Waals surface area contributed by atoms with Gasteiger partial charge in [0.25, 0.3) is 0 Å². The fraction of sp³-hybridized carbons (Fsp3) is 0.857. The van der Waals surface area contributed by atoms with Crippen molar-refractivity contribution in [3.8, 4) is 0 Å². The smallest absolute Gasteiger partial charge is 0.394 e. The number of aliphatic hydroxyl groups is 1. The molecule has 6 nitrogen and oxygen atoms in total. The first-order chi connectivity index (χ1) is 6.54. The normalized spacial score (nSPS) is 27.9. The molecule has 2 N–H and O–H groups in total. The predicted molar refractivity (Wildman–Crippen MR) is 47.6 cm³/mol. The van der Waals surface area contributed by atoms with Crippen molar-refractivity contribution < 1.29 is 23.9 Å². The molecule has 0 saturated carbocycles. The zero-order chi connectivity index (χ0) is 10.7. The van der Waals surface area contributed by atoms with Crippen LogP contribution in [0.2, 0.25) is 0 Å². The molecule has 3 atom stereocenters. The van der Waals surface area contributed by atoms with Gasteiger partial charge >= 0.3 is 8.25 Å². The van der Waals surface area contributed by atoms with E-state index in [1.165, 1.54) is 11.8 Å². The summed E-state index contributed by atoms with van der Waals surface area (Å²) in [5, 5.41) is 8.95. The Bertz CT molecular complexity index is 246. The van der Waals surface area contributed by atoms with Crippen LogP contribution in [-0.4, -0.2) is 46.1 Å². The number of aliphatic hydroxyl groups excluding tert-OH is 1. The third kappa shape index (κ3) is 2.72. The molecule has 1 aliphatic heterocycles. The Morgan fingerprint density at radius 3 is 2.71 bits per heavy atom. The Balaban J connectivity index is 2.56. The third-order valence-corrected chi connectivity index (χ3v) is 2.71. The minimum absolute atomic E-state index is 0.151. The van der Waals surface area contributed by atoms with Crippen molar-refractivity contribution in [2.75, 3.05) is 13.2 Å². The zero-order valence-electron chi connectivity index (χ0n) is 7.79. The fourth-order valence-electron chi connectivity index (χ4n) is 1.64.